The van der Waals surface area contributed by atoms with Crippen LogP contribution in [0.15, 0.2) is 48.0 Å². The van der Waals surface area contributed by atoms with Crippen LogP contribution < -0.4 is 0 Å². The molecule has 2 nitrogen and oxygen atoms in total. The van der Waals surface area contributed by atoms with Crippen LogP contribution in [0.3, 0.4) is 0 Å². The largest absolute Gasteiger partial charge is 0.192 e. The third-order valence-corrected chi connectivity index (χ3v) is 3.48. The van der Waals surface area contributed by atoms with E-state index in [2.05, 4.69) is 13.0 Å². The lowest BCUT2D eigenvalue weighted by atomic mass is 9.98. The topological polar surface area (TPSA) is 47.6 Å². The molecular formula is C17H10N2. The second kappa shape index (κ2) is 4.12. The molecule has 2 heteroatoms. The van der Waals surface area contributed by atoms with Gasteiger partial charge in [0, 0.05) is 5.57 Å². The molecule has 1 aliphatic carbocycles. The molecule has 2 aromatic rings. The van der Waals surface area contributed by atoms with Crippen LogP contribution in [0.5, 0.6) is 0 Å². The Morgan fingerprint density at radius 1 is 0.842 bits per heavy atom. The molecule has 0 spiro atoms. The molecular weight excluding hydrogens is 232 g/mol. The fourth-order valence-electron chi connectivity index (χ4n) is 2.70. The van der Waals surface area contributed by atoms with Gasteiger partial charge in [-0.2, -0.15) is 10.5 Å². The van der Waals surface area contributed by atoms with E-state index in [9.17, 15) is 10.5 Å². The molecule has 0 radical (unpaired) electrons. The molecule has 0 aromatic heterocycles. The summed E-state index contributed by atoms with van der Waals surface area (Å²) in [6.45, 7) is 2.05. The molecule has 0 saturated carbocycles. The van der Waals surface area contributed by atoms with E-state index in [0.29, 0.717) is 0 Å². The summed E-state index contributed by atoms with van der Waals surface area (Å²) in [6, 6.07) is 18.0. The Morgan fingerprint density at radius 2 is 1.47 bits per heavy atom. The molecule has 2 aromatic carbocycles. The summed E-state index contributed by atoms with van der Waals surface area (Å²) in [5, 5.41) is 18.4. The van der Waals surface area contributed by atoms with Gasteiger partial charge in [0.1, 0.15) is 17.7 Å². The number of hydrogen-bond acceptors (Lipinski definition) is 2. The minimum Gasteiger partial charge on any atom is -0.192 e. The molecule has 88 valence electrons. The maximum atomic E-state index is 9.18. The van der Waals surface area contributed by atoms with Gasteiger partial charge in [0.2, 0.25) is 0 Å². The standard InChI is InChI=1S/C17H10N2/c1-11-5-4-8-15-16(11)13-6-2-3-7-14(13)17(15)12(9-18)10-19/h2-8H,1H3. The number of nitriles is 2. The first-order valence-corrected chi connectivity index (χ1v) is 6.02. The number of allylic oxidation sites excluding steroid dienone is 1. The van der Waals surface area contributed by atoms with Gasteiger partial charge in [-0.1, -0.05) is 42.5 Å². The molecule has 0 N–H and O–H groups in total. The molecule has 1 aliphatic rings. The molecule has 0 aliphatic heterocycles. The fraction of sp³-hybridized carbons (Fsp3) is 0.0588. The van der Waals surface area contributed by atoms with Crippen molar-refractivity contribution in [2.75, 3.05) is 0 Å². The van der Waals surface area contributed by atoms with Crippen molar-refractivity contribution in [3.8, 4) is 23.3 Å². The first-order chi connectivity index (χ1) is 9.27. The van der Waals surface area contributed by atoms with Crippen LogP contribution in [0.4, 0.5) is 0 Å². The predicted molar refractivity (Wildman–Crippen MR) is 73.9 cm³/mol. The van der Waals surface area contributed by atoms with E-state index >= 15 is 0 Å². The molecule has 0 amide bonds. The zero-order valence-corrected chi connectivity index (χ0v) is 10.4. The van der Waals surface area contributed by atoms with E-state index < -0.39 is 0 Å². The molecule has 0 fully saturated rings. The molecule has 0 unspecified atom stereocenters. The van der Waals surface area contributed by atoms with Crippen molar-refractivity contribution < 1.29 is 0 Å². The molecule has 0 heterocycles. The van der Waals surface area contributed by atoms with E-state index in [1.165, 1.54) is 0 Å². The van der Waals surface area contributed by atoms with Crippen molar-refractivity contribution in [1.29, 1.82) is 10.5 Å². The SMILES string of the molecule is Cc1cccc2c1-c1ccccc1C2=C(C#N)C#N. The first-order valence-electron chi connectivity index (χ1n) is 6.02. The van der Waals surface area contributed by atoms with E-state index in [1.54, 1.807) is 0 Å². The van der Waals surface area contributed by atoms with Crippen molar-refractivity contribution in [3.63, 3.8) is 0 Å². The van der Waals surface area contributed by atoms with Crippen molar-refractivity contribution >= 4 is 5.57 Å². The molecule has 0 saturated heterocycles. The fourth-order valence-corrected chi connectivity index (χ4v) is 2.70. The van der Waals surface area contributed by atoms with E-state index in [0.717, 1.165) is 33.4 Å². The van der Waals surface area contributed by atoms with Crippen molar-refractivity contribution in [2.45, 2.75) is 6.92 Å². The summed E-state index contributed by atoms with van der Waals surface area (Å²) in [4.78, 5) is 0. The molecule has 0 atom stereocenters. The number of nitrogens with zero attached hydrogens (tertiary/aromatic N) is 2. The van der Waals surface area contributed by atoms with Crippen LogP contribution in [0, 0.1) is 29.6 Å². The van der Waals surface area contributed by atoms with Crippen LogP contribution >= 0.6 is 0 Å². The third-order valence-electron chi connectivity index (χ3n) is 3.48. The first kappa shape index (κ1) is 11.3. The smallest absolute Gasteiger partial charge is 0.138 e. The highest BCUT2D eigenvalue weighted by atomic mass is 14.3. The van der Waals surface area contributed by atoms with Crippen molar-refractivity contribution in [1.82, 2.24) is 0 Å². The van der Waals surface area contributed by atoms with Crippen molar-refractivity contribution in [3.05, 3.63) is 64.7 Å². The number of fused-ring (bicyclic) bond motifs is 3. The van der Waals surface area contributed by atoms with Gasteiger partial charge < -0.3 is 0 Å². The Morgan fingerprint density at radius 3 is 2.16 bits per heavy atom. The van der Waals surface area contributed by atoms with Crippen LogP contribution in [0.2, 0.25) is 0 Å². The third kappa shape index (κ3) is 1.48. The van der Waals surface area contributed by atoms with Gasteiger partial charge >= 0.3 is 0 Å². The quantitative estimate of drug-likeness (QED) is 0.562. The predicted octanol–water partition coefficient (Wildman–Crippen LogP) is 3.82. The van der Waals surface area contributed by atoms with E-state index in [1.807, 2.05) is 48.5 Å². The minimum atomic E-state index is 0.178. The molecule has 19 heavy (non-hydrogen) atoms. The van der Waals surface area contributed by atoms with Gasteiger partial charge in [-0.25, -0.2) is 0 Å². The lowest BCUT2D eigenvalue weighted by Crippen LogP contribution is -1.87. The summed E-state index contributed by atoms with van der Waals surface area (Å²) < 4.78 is 0. The molecule has 0 bridgehead atoms. The van der Waals surface area contributed by atoms with E-state index in [4.69, 9.17) is 0 Å². The van der Waals surface area contributed by atoms with Gasteiger partial charge in [0.05, 0.1) is 0 Å². The van der Waals surface area contributed by atoms with Gasteiger partial charge in [0.25, 0.3) is 0 Å². The second-order valence-electron chi connectivity index (χ2n) is 4.52. The molecule has 3 rings (SSSR count). The lowest BCUT2D eigenvalue weighted by molar-refractivity contribution is 1.45. The second-order valence-corrected chi connectivity index (χ2v) is 4.52. The zero-order valence-electron chi connectivity index (χ0n) is 10.4. The summed E-state index contributed by atoms with van der Waals surface area (Å²) in [7, 11) is 0. The number of rotatable bonds is 0. The lowest BCUT2D eigenvalue weighted by Gasteiger charge is -2.04. The Bertz CT molecular complexity index is 783. The highest BCUT2D eigenvalue weighted by molar-refractivity contribution is 6.04. The average Bonchev–Trinajstić information content (AvgIpc) is 2.77. The maximum Gasteiger partial charge on any atom is 0.138 e. The zero-order chi connectivity index (χ0) is 13.4. The monoisotopic (exact) mass is 242 g/mol. The van der Waals surface area contributed by atoms with Gasteiger partial charge in [-0.15, -0.1) is 0 Å². The highest BCUT2D eigenvalue weighted by Gasteiger charge is 2.26. The number of hydrogen-bond donors (Lipinski definition) is 0. The van der Waals surface area contributed by atoms with Gasteiger partial charge in [-0.05, 0) is 34.7 Å². The van der Waals surface area contributed by atoms with Crippen molar-refractivity contribution in [2.24, 2.45) is 0 Å². The van der Waals surface area contributed by atoms with Gasteiger partial charge in [-0.3, -0.25) is 0 Å². The minimum absolute atomic E-state index is 0.178. The van der Waals surface area contributed by atoms with Gasteiger partial charge in [0.15, 0.2) is 0 Å². The Hall–Kier alpha value is -2.84. The van der Waals surface area contributed by atoms with Crippen LogP contribution in [0.1, 0.15) is 16.7 Å². The Labute approximate surface area is 111 Å². The Kier molecular flexibility index (Phi) is 2.44. The van der Waals surface area contributed by atoms with E-state index in [-0.39, 0.29) is 5.57 Å². The highest BCUT2D eigenvalue weighted by Crippen LogP contribution is 2.46. The Balaban J connectivity index is 2.51. The van der Waals surface area contributed by atoms with Crippen LogP contribution in [-0.2, 0) is 0 Å². The maximum absolute atomic E-state index is 9.18. The summed E-state index contributed by atoms with van der Waals surface area (Å²) in [6.07, 6.45) is 0. The summed E-state index contributed by atoms with van der Waals surface area (Å²) >= 11 is 0. The average molecular weight is 242 g/mol. The normalized spacial score (nSPS) is 11.2. The summed E-state index contributed by atoms with van der Waals surface area (Å²) in [5.41, 5.74) is 6.31. The van der Waals surface area contributed by atoms with Crippen LogP contribution in [-0.4, -0.2) is 0 Å². The van der Waals surface area contributed by atoms with Crippen LogP contribution in [0.25, 0.3) is 16.7 Å². The number of benzene rings is 2. The number of aryl methyl sites for hydroxylation is 1. The summed E-state index contributed by atoms with van der Waals surface area (Å²) in [5.74, 6) is 0.